The van der Waals surface area contributed by atoms with E-state index < -0.39 is 18.3 Å². The Balaban J connectivity index is 4.32. The van der Waals surface area contributed by atoms with E-state index in [1.54, 1.807) is 0 Å². The molecule has 0 radical (unpaired) electrons. The van der Waals surface area contributed by atoms with Gasteiger partial charge in [-0.05, 0) is 60.2 Å². The van der Waals surface area contributed by atoms with Gasteiger partial charge in [-0.2, -0.15) is 0 Å². The molecule has 0 fully saturated rings. The molecule has 0 saturated carbocycles. The van der Waals surface area contributed by atoms with E-state index in [0.29, 0.717) is 25.0 Å². The molecule has 0 aromatic heterocycles. The normalized spacial score (nSPS) is 17.7. The molecule has 0 amide bonds. The first-order valence-electron chi connectivity index (χ1n) is 22.4. The van der Waals surface area contributed by atoms with Crippen LogP contribution in [0, 0.1) is 47.3 Å². The molecule has 0 aromatic carbocycles. The van der Waals surface area contributed by atoms with Crippen LogP contribution in [0.15, 0.2) is 0 Å². The number of hydrogen-bond donors (Lipinski definition) is 3. The van der Waals surface area contributed by atoms with E-state index in [1.807, 2.05) is 0 Å². The van der Waals surface area contributed by atoms with Crippen molar-refractivity contribution in [2.75, 3.05) is 26.4 Å². The third-order valence-corrected chi connectivity index (χ3v) is 11.7. The number of rotatable bonds is 37. The Hall–Kier alpha value is -0.200. The van der Waals surface area contributed by atoms with Crippen molar-refractivity contribution in [2.24, 2.45) is 47.3 Å². The van der Waals surface area contributed by atoms with Gasteiger partial charge in [0, 0.05) is 19.6 Å². The highest BCUT2D eigenvalue weighted by Crippen LogP contribution is 2.25. The summed E-state index contributed by atoms with van der Waals surface area (Å²) >= 11 is 0. The quantitative estimate of drug-likeness (QED) is 0.0594. The van der Waals surface area contributed by atoms with Crippen LogP contribution < -0.4 is 0 Å². The Labute approximate surface area is 320 Å². The second kappa shape index (κ2) is 33.2. The summed E-state index contributed by atoms with van der Waals surface area (Å²) in [5, 5.41) is 29.9. The molecule has 5 heteroatoms. The van der Waals surface area contributed by atoms with Gasteiger partial charge in [-0.3, -0.25) is 0 Å². The van der Waals surface area contributed by atoms with Crippen molar-refractivity contribution in [3.05, 3.63) is 0 Å². The number of aliphatic hydroxyl groups excluding tert-OH is 3. The van der Waals surface area contributed by atoms with Gasteiger partial charge in [-0.1, -0.05) is 185 Å². The molecule has 0 aromatic rings. The lowest BCUT2D eigenvalue weighted by molar-refractivity contribution is -0.112. The molecule has 0 saturated heterocycles. The van der Waals surface area contributed by atoms with Crippen LogP contribution in [-0.4, -0.2) is 60.1 Å². The maximum Gasteiger partial charge on any atom is 0.107 e. The van der Waals surface area contributed by atoms with Crippen LogP contribution in [0.2, 0.25) is 0 Å². The van der Waals surface area contributed by atoms with Crippen LogP contribution in [0.5, 0.6) is 0 Å². The van der Waals surface area contributed by atoms with E-state index in [-0.39, 0.29) is 19.6 Å². The van der Waals surface area contributed by atoms with E-state index in [9.17, 15) is 15.3 Å². The Morgan fingerprint density at radius 2 is 0.627 bits per heavy atom. The predicted molar refractivity (Wildman–Crippen MR) is 221 cm³/mol. The lowest BCUT2D eigenvalue weighted by Gasteiger charge is -2.28. The molecule has 0 spiro atoms. The molecular formula is C46H94O5. The van der Waals surface area contributed by atoms with Crippen LogP contribution in [0.4, 0.5) is 0 Å². The third kappa shape index (κ3) is 31.8. The zero-order valence-electron chi connectivity index (χ0n) is 36.2. The zero-order chi connectivity index (χ0) is 38.4. The molecule has 0 rings (SSSR count). The molecule has 0 aliphatic heterocycles. The summed E-state index contributed by atoms with van der Waals surface area (Å²) in [5.74, 6) is 6.12. The largest absolute Gasteiger partial charge is 0.394 e. The first kappa shape index (κ1) is 50.8. The third-order valence-electron chi connectivity index (χ3n) is 11.7. The van der Waals surface area contributed by atoms with E-state index in [4.69, 9.17) is 9.47 Å². The molecule has 5 nitrogen and oxygen atoms in total. The van der Waals surface area contributed by atoms with Gasteiger partial charge in [0.05, 0.1) is 25.4 Å². The minimum atomic E-state index is -0.872. The van der Waals surface area contributed by atoms with Crippen molar-refractivity contribution in [1.29, 1.82) is 0 Å². The van der Waals surface area contributed by atoms with Crippen LogP contribution in [0.25, 0.3) is 0 Å². The molecule has 308 valence electrons. The Kier molecular flexibility index (Phi) is 33.0. The Morgan fingerprint density at radius 3 is 0.902 bits per heavy atom. The van der Waals surface area contributed by atoms with Gasteiger partial charge in [0.25, 0.3) is 0 Å². The summed E-state index contributed by atoms with van der Waals surface area (Å²) in [6.07, 6.45) is 24.4. The fourth-order valence-corrected chi connectivity index (χ4v) is 7.66. The van der Waals surface area contributed by atoms with Crippen LogP contribution in [-0.2, 0) is 9.47 Å². The van der Waals surface area contributed by atoms with Crippen LogP contribution in [0.3, 0.4) is 0 Å². The average molecular weight is 727 g/mol. The summed E-state index contributed by atoms with van der Waals surface area (Å²) in [7, 11) is 0. The van der Waals surface area contributed by atoms with Crippen LogP contribution >= 0.6 is 0 Å². The second-order valence-electron chi connectivity index (χ2n) is 18.7. The fraction of sp³-hybridized carbons (Fsp3) is 1.00. The summed E-state index contributed by atoms with van der Waals surface area (Å²) < 4.78 is 12.4. The molecule has 3 N–H and O–H groups in total. The molecule has 0 heterocycles. The van der Waals surface area contributed by atoms with E-state index in [1.165, 1.54) is 116 Å². The van der Waals surface area contributed by atoms with Crippen LogP contribution in [0.1, 0.15) is 204 Å². The second-order valence-corrected chi connectivity index (χ2v) is 18.7. The zero-order valence-corrected chi connectivity index (χ0v) is 36.2. The smallest absolute Gasteiger partial charge is 0.107 e. The summed E-state index contributed by atoms with van der Waals surface area (Å²) in [6, 6.07) is 0. The molecule has 9 atom stereocenters. The van der Waals surface area contributed by atoms with Gasteiger partial charge in [-0.25, -0.2) is 0 Å². The minimum absolute atomic E-state index is 0.144. The van der Waals surface area contributed by atoms with E-state index in [0.717, 1.165) is 48.3 Å². The van der Waals surface area contributed by atoms with Crippen molar-refractivity contribution in [1.82, 2.24) is 0 Å². The molecule has 0 aliphatic carbocycles. The first-order chi connectivity index (χ1) is 24.3. The average Bonchev–Trinajstić information content (AvgIpc) is 3.06. The molecule has 51 heavy (non-hydrogen) atoms. The summed E-state index contributed by atoms with van der Waals surface area (Å²) in [4.78, 5) is 0. The van der Waals surface area contributed by atoms with Crippen molar-refractivity contribution in [3.8, 4) is 0 Å². The predicted octanol–water partition coefficient (Wildman–Crippen LogP) is 12.4. The molecular weight excluding hydrogens is 633 g/mol. The van der Waals surface area contributed by atoms with Crippen molar-refractivity contribution in [3.63, 3.8) is 0 Å². The van der Waals surface area contributed by atoms with Crippen molar-refractivity contribution < 1.29 is 24.8 Å². The van der Waals surface area contributed by atoms with E-state index >= 15 is 0 Å². The Bertz CT molecular complexity index is 728. The highest BCUT2D eigenvalue weighted by atomic mass is 16.5. The maximum atomic E-state index is 10.2. The standard InChI is InChI=1S/C46H94O5/c1-36(2)17-11-19-38(5)21-13-23-40(7)25-15-27-42(9)29-31-50-45(33-44(49)34-47)46(35-48)51-32-30-43(10)28-16-26-41(8)24-14-22-39(6)20-12-18-37(3)4/h36-49H,11-35H2,1-10H3. The van der Waals surface area contributed by atoms with Crippen molar-refractivity contribution >= 4 is 0 Å². The maximum absolute atomic E-state index is 10.2. The summed E-state index contributed by atoms with van der Waals surface area (Å²) in [6.45, 7) is 24.3. The van der Waals surface area contributed by atoms with Gasteiger partial charge >= 0.3 is 0 Å². The SMILES string of the molecule is CC(C)CCCC(C)CCCC(C)CCCC(C)CCOC(CO)C(CC(O)CO)OCCC(C)CCCC(C)CCCC(C)CCCC(C)C. The molecule has 9 unspecified atom stereocenters. The topological polar surface area (TPSA) is 79.2 Å². The minimum Gasteiger partial charge on any atom is -0.394 e. The number of hydrogen-bond acceptors (Lipinski definition) is 5. The van der Waals surface area contributed by atoms with Gasteiger partial charge in [0.1, 0.15) is 6.10 Å². The lowest BCUT2D eigenvalue weighted by atomic mass is 9.91. The van der Waals surface area contributed by atoms with Gasteiger partial charge in [0.2, 0.25) is 0 Å². The molecule has 0 bridgehead atoms. The molecule has 0 aliphatic rings. The van der Waals surface area contributed by atoms with Crippen molar-refractivity contribution in [2.45, 2.75) is 222 Å². The highest BCUT2D eigenvalue weighted by Gasteiger charge is 2.26. The number of aliphatic hydroxyl groups is 3. The van der Waals surface area contributed by atoms with E-state index in [2.05, 4.69) is 69.2 Å². The Morgan fingerprint density at radius 1 is 0.353 bits per heavy atom. The van der Waals surface area contributed by atoms with Gasteiger partial charge < -0.3 is 24.8 Å². The highest BCUT2D eigenvalue weighted by molar-refractivity contribution is 4.75. The van der Waals surface area contributed by atoms with Gasteiger partial charge in [-0.15, -0.1) is 0 Å². The lowest BCUT2D eigenvalue weighted by Crippen LogP contribution is -2.39. The first-order valence-corrected chi connectivity index (χ1v) is 22.4. The number of ether oxygens (including phenoxy) is 2. The van der Waals surface area contributed by atoms with Gasteiger partial charge in [0.15, 0.2) is 0 Å². The monoisotopic (exact) mass is 727 g/mol. The summed E-state index contributed by atoms with van der Waals surface area (Å²) in [5.41, 5.74) is 0. The fourth-order valence-electron chi connectivity index (χ4n) is 7.66.